The van der Waals surface area contributed by atoms with Crippen LogP contribution in [0.1, 0.15) is 60.8 Å². The largest absolute Gasteiger partial charge is 0.519 e. The lowest BCUT2D eigenvalue weighted by Gasteiger charge is -2.38. The molecular formula is C29H39N5O7. The smallest absolute Gasteiger partial charge is 0.457 e. The molecule has 3 heterocycles. The fourth-order valence-electron chi connectivity index (χ4n) is 5.03. The summed E-state index contributed by atoms with van der Waals surface area (Å²) >= 11 is 0. The summed E-state index contributed by atoms with van der Waals surface area (Å²) in [6.07, 6.45) is 2.70. The van der Waals surface area contributed by atoms with E-state index in [0.717, 1.165) is 24.2 Å². The molecule has 0 radical (unpaired) electrons. The number of nitrogens with zero attached hydrogens (tertiary/aromatic N) is 4. The third-order valence-corrected chi connectivity index (χ3v) is 7.08. The molecule has 0 bridgehead atoms. The van der Waals surface area contributed by atoms with Crippen LogP contribution >= 0.6 is 0 Å². The minimum atomic E-state index is -0.835. The Bertz CT molecular complexity index is 1350. The molecule has 1 aromatic carbocycles. The number of hydrogen-bond acceptors (Lipinski definition) is 10. The quantitative estimate of drug-likeness (QED) is 0.241. The molecule has 12 heteroatoms. The number of para-hydroxylation sites is 1. The molecule has 12 nitrogen and oxygen atoms in total. The van der Waals surface area contributed by atoms with Crippen LogP contribution in [0.2, 0.25) is 0 Å². The zero-order valence-corrected chi connectivity index (χ0v) is 24.1. The first-order valence-electron chi connectivity index (χ1n) is 14.0. The molecule has 0 aliphatic carbocycles. The van der Waals surface area contributed by atoms with Crippen molar-refractivity contribution in [3.05, 3.63) is 63.9 Å². The number of piperidine rings is 1. The molecule has 1 aliphatic rings. The Balaban J connectivity index is 1.53. The highest BCUT2D eigenvalue weighted by atomic mass is 16.6. The maximum atomic E-state index is 14.2. The van der Waals surface area contributed by atoms with Gasteiger partial charge in [0.05, 0.1) is 17.3 Å². The van der Waals surface area contributed by atoms with E-state index < -0.39 is 17.7 Å². The third-order valence-electron chi connectivity index (χ3n) is 7.08. The highest BCUT2D eigenvalue weighted by Gasteiger charge is 2.36. The number of aromatic nitrogens is 3. The van der Waals surface area contributed by atoms with Gasteiger partial charge in [-0.2, -0.15) is 0 Å². The Morgan fingerprint density at radius 3 is 2.63 bits per heavy atom. The van der Waals surface area contributed by atoms with Crippen LogP contribution in [0.15, 0.2) is 44.0 Å². The van der Waals surface area contributed by atoms with E-state index >= 15 is 0 Å². The molecule has 2 atom stereocenters. The van der Waals surface area contributed by atoms with Crippen LogP contribution in [0.25, 0.3) is 5.69 Å². The maximum Gasteiger partial charge on any atom is 0.519 e. The SMILES string of the molecule is COCCCCc1c(C(=O)N(CC(C)C)[C@@H]2CNC[C@H](C(=O)OCc3oc(=O)oc3C)C2)nnn1-c1ccccc1. The highest BCUT2D eigenvalue weighted by molar-refractivity contribution is 5.93. The van der Waals surface area contributed by atoms with Crippen molar-refractivity contribution in [2.45, 2.75) is 59.1 Å². The Kier molecular flexibility index (Phi) is 10.5. The van der Waals surface area contributed by atoms with Crippen LogP contribution in [0.4, 0.5) is 0 Å². The van der Waals surface area contributed by atoms with Crippen LogP contribution in [0.5, 0.6) is 0 Å². The number of amides is 1. The van der Waals surface area contributed by atoms with E-state index in [1.807, 2.05) is 35.2 Å². The number of unbranched alkanes of at least 4 members (excludes halogenated alkanes) is 1. The lowest BCUT2D eigenvalue weighted by Crippen LogP contribution is -2.53. The molecule has 222 valence electrons. The summed E-state index contributed by atoms with van der Waals surface area (Å²) < 4.78 is 22.2. The van der Waals surface area contributed by atoms with Crippen molar-refractivity contribution >= 4 is 11.9 Å². The second-order valence-electron chi connectivity index (χ2n) is 10.7. The zero-order valence-electron chi connectivity index (χ0n) is 24.1. The first-order valence-corrected chi connectivity index (χ1v) is 14.0. The van der Waals surface area contributed by atoms with Gasteiger partial charge < -0.3 is 28.5 Å². The molecule has 1 amide bonds. The molecule has 1 aliphatic heterocycles. The summed E-state index contributed by atoms with van der Waals surface area (Å²) in [5.41, 5.74) is 1.91. The molecule has 1 fully saturated rings. The highest BCUT2D eigenvalue weighted by Crippen LogP contribution is 2.24. The van der Waals surface area contributed by atoms with Gasteiger partial charge in [-0.05, 0) is 50.7 Å². The number of aryl methyl sites for hydroxylation is 1. The van der Waals surface area contributed by atoms with E-state index in [1.54, 1.807) is 18.7 Å². The van der Waals surface area contributed by atoms with Crippen molar-refractivity contribution in [1.29, 1.82) is 0 Å². The van der Waals surface area contributed by atoms with Gasteiger partial charge in [0.1, 0.15) is 0 Å². The molecule has 0 spiro atoms. The normalized spacial score (nSPS) is 17.1. The average Bonchev–Trinajstić information content (AvgIpc) is 3.54. The minimum absolute atomic E-state index is 0.180. The fraction of sp³-hybridized carbons (Fsp3) is 0.552. The molecular weight excluding hydrogens is 530 g/mol. The fourth-order valence-corrected chi connectivity index (χ4v) is 5.03. The Labute approximate surface area is 239 Å². The van der Waals surface area contributed by atoms with Gasteiger partial charge in [0.25, 0.3) is 5.91 Å². The second-order valence-corrected chi connectivity index (χ2v) is 10.7. The summed E-state index contributed by atoms with van der Waals surface area (Å²) in [5.74, 6) is -1.32. The number of hydrogen-bond donors (Lipinski definition) is 1. The number of rotatable bonds is 13. The van der Waals surface area contributed by atoms with E-state index in [2.05, 4.69) is 29.5 Å². The number of esters is 1. The van der Waals surface area contributed by atoms with Crippen molar-refractivity contribution in [3.8, 4) is 5.69 Å². The third kappa shape index (κ3) is 7.70. The monoisotopic (exact) mass is 569 g/mol. The second kappa shape index (κ2) is 14.2. The zero-order chi connectivity index (χ0) is 29.4. The van der Waals surface area contributed by atoms with Crippen molar-refractivity contribution in [3.63, 3.8) is 0 Å². The number of nitrogens with one attached hydrogen (secondary N) is 1. The number of carbonyl (C=O) groups is 2. The van der Waals surface area contributed by atoms with Crippen molar-refractivity contribution in [2.75, 3.05) is 33.4 Å². The summed E-state index contributed by atoms with van der Waals surface area (Å²) in [4.78, 5) is 40.2. The Hall–Kier alpha value is -3.77. The average molecular weight is 570 g/mol. The van der Waals surface area contributed by atoms with Crippen molar-refractivity contribution in [2.24, 2.45) is 11.8 Å². The van der Waals surface area contributed by atoms with Crippen LogP contribution in [-0.4, -0.2) is 71.2 Å². The van der Waals surface area contributed by atoms with Gasteiger partial charge in [0.15, 0.2) is 23.8 Å². The maximum absolute atomic E-state index is 14.2. The molecule has 0 unspecified atom stereocenters. The van der Waals surface area contributed by atoms with Gasteiger partial charge in [0, 0.05) is 39.4 Å². The summed E-state index contributed by atoms with van der Waals surface area (Å²) in [6, 6.07) is 9.39. The minimum Gasteiger partial charge on any atom is -0.457 e. The predicted octanol–water partition coefficient (Wildman–Crippen LogP) is 2.91. The molecule has 0 saturated carbocycles. The summed E-state index contributed by atoms with van der Waals surface area (Å²) in [7, 11) is 1.67. The van der Waals surface area contributed by atoms with E-state index in [1.165, 1.54) is 0 Å². The molecule has 1 N–H and O–H groups in total. The van der Waals surface area contributed by atoms with Gasteiger partial charge in [-0.3, -0.25) is 9.59 Å². The predicted molar refractivity (Wildman–Crippen MR) is 149 cm³/mol. The lowest BCUT2D eigenvalue weighted by atomic mass is 9.93. The van der Waals surface area contributed by atoms with Gasteiger partial charge in [-0.1, -0.05) is 37.3 Å². The van der Waals surface area contributed by atoms with E-state index in [-0.39, 0.29) is 36.0 Å². The van der Waals surface area contributed by atoms with Crippen molar-refractivity contribution in [1.82, 2.24) is 25.2 Å². The van der Waals surface area contributed by atoms with Crippen LogP contribution in [0, 0.1) is 18.8 Å². The van der Waals surface area contributed by atoms with Crippen molar-refractivity contribution < 1.29 is 27.9 Å². The lowest BCUT2D eigenvalue weighted by molar-refractivity contribution is -0.151. The van der Waals surface area contributed by atoms with E-state index in [0.29, 0.717) is 44.8 Å². The first-order chi connectivity index (χ1) is 19.8. The van der Waals surface area contributed by atoms with E-state index in [9.17, 15) is 14.4 Å². The summed E-state index contributed by atoms with van der Waals surface area (Å²) in [6.45, 7) is 7.56. The molecule has 1 saturated heterocycles. The van der Waals surface area contributed by atoms with Crippen LogP contribution < -0.4 is 11.1 Å². The number of methoxy groups -OCH3 is 1. The van der Waals surface area contributed by atoms with Crippen LogP contribution in [-0.2, 0) is 27.3 Å². The van der Waals surface area contributed by atoms with Gasteiger partial charge in [-0.15, -0.1) is 5.10 Å². The first kappa shape index (κ1) is 30.2. The standard InChI is InChI=1S/C29H39N5O7/c1-19(2)17-33(23-14-21(15-30-16-23)28(36)39-18-25-20(3)40-29(37)41-25)27(35)26-24(12-8-9-13-38-4)34(32-31-26)22-10-6-5-7-11-22/h5-7,10-11,19,21,23,30H,8-9,12-18H2,1-4H3/t21-,23+/m1/s1. The van der Waals surface area contributed by atoms with Crippen LogP contribution in [0.3, 0.4) is 0 Å². The summed E-state index contributed by atoms with van der Waals surface area (Å²) in [5, 5.41) is 12.0. The Morgan fingerprint density at radius 1 is 1.17 bits per heavy atom. The Morgan fingerprint density at radius 2 is 1.95 bits per heavy atom. The molecule has 41 heavy (non-hydrogen) atoms. The van der Waals surface area contributed by atoms with E-state index in [4.69, 9.17) is 18.3 Å². The molecule has 3 aromatic rings. The number of ether oxygens (including phenoxy) is 2. The topological polar surface area (TPSA) is 142 Å². The molecule has 2 aromatic heterocycles. The number of benzene rings is 1. The number of carbonyl (C=O) groups excluding carboxylic acids is 2. The van der Waals surface area contributed by atoms with Gasteiger partial charge in [0.2, 0.25) is 0 Å². The molecule has 4 rings (SSSR count). The van der Waals surface area contributed by atoms with Gasteiger partial charge in [-0.25, -0.2) is 9.48 Å². The van der Waals surface area contributed by atoms with Gasteiger partial charge >= 0.3 is 11.8 Å².